The monoisotopic (exact) mass is 286 g/mol. The first-order chi connectivity index (χ1) is 9.60. The molecule has 0 atom stereocenters. The van der Waals surface area contributed by atoms with Gasteiger partial charge in [0.05, 0.1) is 17.2 Å². The number of hydrogen-bond acceptors (Lipinski definition) is 3. The highest BCUT2D eigenvalue weighted by molar-refractivity contribution is 6.31. The lowest BCUT2D eigenvalue weighted by Gasteiger charge is -2.10. The van der Waals surface area contributed by atoms with Crippen LogP contribution in [-0.4, -0.2) is 5.91 Å². The summed E-state index contributed by atoms with van der Waals surface area (Å²) in [5, 5.41) is 9.14. The molecule has 0 aliphatic rings. The summed E-state index contributed by atoms with van der Waals surface area (Å²) in [7, 11) is 0. The van der Waals surface area contributed by atoms with Crippen molar-refractivity contribution >= 4 is 17.5 Å². The van der Waals surface area contributed by atoms with Crippen molar-refractivity contribution in [1.29, 1.82) is 5.26 Å². The van der Waals surface area contributed by atoms with E-state index in [1.165, 1.54) is 6.07 Å². The minimum Gasteiger partial charge on any atom is -0.488 e. The summed E-state index contributed by atoms with van der Waals surface area (Å²) in [6.45, 7) is 0.271. The van der Waals surface area contributed by atoms with E-state index in [0.29, 0.717) is 16.3 Å². The van der Waals surface area contributed by atoms with Gasteiger partial charge in [0.1, 0.15) is 12.4 Å². The predicted octanol–water partition coefficient (Wildman–Crippen LogP) is 2.89. The summed E-state index contributed by atoms with van der Waals surface area (Å²) >= 11 is 5.82. The molecule has 5 heteroatoms. The summed E-state index contributed by atoms with van der Waals surface area (Å²) < 4.78 is 5.57. The van der Waals surface area contributed by atoms with Crippen LogP contribution in [0, 0.1) is 11.3 Å². The lowest BCUT2D eigenvalue weighted by Crippen LogP contribution is -2.13. The second-order valence-corrected chi connectivity index (χ2v) is 4.54. The highest BCUT2D eigenvalue weighted by Crippen LogP contribution is 2.23. The van der Waals surface area contributed by atoms with Gasteiger partial charge in [-0.2, -0.15) is 5.26 Å². The zero-order valence-electron chi connectivity index (χ0n) is 10.5. The average Bonchev–Trinajstić information content (AvgIpc) is 2.46. The van der Waals surface area contributed by atoms with Crippen molar-refractivity contribution < 1.29 is 9.53 Å². The van der Waals surface area contributed by atoms with E-state index in [4.69, 9.17) is 27.3 Å². The van der Waals surface area contributed by atoms with Crippen molar-refractivity contribution in [3.05, 3.63) is 64.2 Å². The van der Waals surface area contributed by atoms with Gasteiger partial charge in [-0.3, -0.25) is 4.79 Å². The third-order valence-corrected chi connectivity index (χ3v) is 2.92. The zero-order valence-corrected chi connectivity index (χ0v) is 11.2. The zero-order chi connectivity index (χ0) is 14.5. The first-order valence-corrected chi connectivity index (χ1v) is 6.19. The number of nitriles is 1. The number of rotatable bonds is 4. The van der Waals surface area contributed by atoms with Crippen LogP contribution in [0.4, 0.5) is 0 Å². The van der Waals surface area contributed by atoms with E-state index in [-0.39, 0.29) is 12.2 Å². The highest BCUT2D eigenvalue weighted by atomic mass is 35.5. The smallest absolute Gasteiger partial charge is 0.252 e. The fourth-order valence-electron chi connectivity index (χ4n) is 1.66. The van der Waals surface area contributed by atoms with Crippen LogP contribution in [0.2, 0.25) is 5.02 Å². The molecule has 0 aliphatic heterocycles. The van der Waals surface area contributed by atoms with Gasteiger partial charge in [-0.1, -0.05) is 23.7 Å². The van der Waals surface area contributed by atoms with Gasteiger partial charge in [0, 0.05) is 5.02 Å². The standard InChI is InChI=1S/C15H11ClN2O2/c16-12-5-6-14(13(7-12)15(18)19)20-9-11-3-1-10(8-17)2-4-11/h1-7H,9H2,(H2,18,19). The van der Waals surface area contributed by atoms with Crippen LogP contribution in [0.25, 0.3) is 0 Å². The topological polar surface area (TPSA) is 76.1 Å². The van der Waals surface area contributed by atoms with Gasteiger partial charge in [-0.15, -0.1) is 0 Å². The Labute approximate surface area is 121 Å². The molecule has 20 heavy (non-hydrogen) atoms. The van der Waals surface area contributed by atoms with Crippen LogP contribution in [0.15, 0.2) is 42.5 Å². The maximum atomic E-state index is 11.3. The lowest BCUT2D eigenvalue weighted by atomic mass is 10.1. The van der Waals surface area contributed by atoms with Crippen LogP contribution < -0.4 is 10.5 Å². The summed E-state index contributed by atoms with van der Waals surface area (Å²) in [5.41, 5.74) is 6.98. The number of carbonyl (C=O) groups is 1. The lowest BCUT2D eigenvalue weighted by molar-refractivity contribution is 0.0996. The van der Waals surface area contributed by atoms with Crippen molar-refractivity contribution in [2.45, 2.75) is 6.61 Å². The normalized spacial score (nSPS) is 9.80. The number of primary amides is 1. The van der Waals surface area contributed by atoms with Crippen LogP contribution in [0.3, 0.4) is 0 Å². The van der Waals surface area contributed by atoms with Crippen LogP contribution in [0.1, 0.15) is 21.5 Å². The molecule has 2 N–H and O–H groups in total. The van der Waals surface area contributed by atoms with E-state index in [0.717, 1.165) is 5.56 Å². The molecule has 0 fully saturated rings. The first kappa shape index (κ1) is 13.9. The Balaban J connectivity index is 2.14. The highest BCUT2D eigenvalue weighted by Gasteiger charge is 2.10. The minimum atomic E-state index is -0.595. The quantitative estimate of drug-likeness (QED) is 0.939. The summed E-state index contributed by atoms with van der Waals surface area (Å²) in [6.07, 6.45) is 0. The van der Waals surface area contributed by atoms with Gasteiger partial charge in [0.25, 0.3) is 5.91 Å². The van der Waals surface area contributed by atoms with Crippen molar-refractivity contribution in [3.8, 4) is 11.8 Å². The number of nitrogens with zero attached hydrogens (tertiary/aromatic N) is 1. The molecule has 0 saturated carbocycles. The van der Waals surface area contributed by atoms with Crippen molar-refractivity contribution in [2.75, 3.05) is 0 Å². The molecule has 0 saturated heterocycles. The number of nitrogens with two attached hydrogens (primary N) is 1. The molecule has 2 aromatic carbocycles. The number of hydrogen-bond donors (Lipinski definition) is 1. The third kappa shape index (κ3) is 3.28. The van der Waals surface area contributed by atoms with Crippen LogP contribution >= 0.6 is 11.6 Å². The molecule has 2 rings (SSSR count). The molecule has 0 radical (unpaired) electrons. The van der Waals surface area contributed by atoms with Crippen LogP contribution in [-0.2, 0) is 6.61 Å². The number of amides is 1. The third-order valence-electron chi connectivity index (χ3n) is 2.68. The fraction of sp³-hybridized carbons (Fsp3) is 0.0667. The van der Waals surface area contributed by atoms with Crippen molar-refractivity contribution in [2.24, 2.45) is 5.73 Å². The van der Waals surface area contributed by atoms with Gasteiger partial charge >= 0.3 is 0 Å². The number of benzene rings is 2. The van der Waals surface area contributed by atoms with Gasteiger partial charge in [-0.05, 0) is 35.9 Å². The minimum absolute atomic E-state index is 0.242. The van der Waals surface area contributed by atoms with Crippen LogP contribution in [0.5, 0.6) is 5.75 Å². The summed E-state index contributed by atoms with van der Waals surface area (Å²) in [4.78, 5) is 11.3. The Bertz CT molecular complexity index is 675. The SMILES string of the molecule is N#Cc1ccc(COc2ccc(Cl)cc2C(N)=O)cc1. The second kappa shape index (κ2) is 6.09. The maximum absolute atomic E-state index is 11.3. The molecular weight excluding hydrogens is 276 g/mol. The molecule has 0 unspecified atom stereocenters. The molecule has 0 aromatic heterocycles. The molecule has 2 aromatic rings. The molecule has 0 bridgehead atoms. The van der Waals surface area contributed by atoms with E-state index >= 15 is 0 Å². The molecule has 1 amide bonds. The molecule has 0 spiro atoms. The van der Waals surface area contributed by atoms with Gasteiger partial charge in [0.2, 0.25) is 0 Å². The molecule has 0 heterocycles. The van der Waals surface area contributed by atoms with Crippen molar-refractivity contribution in [1.82, 2.24) is 0 Å². The van der Waals surface area contributed by atoms with E-state index < -0.39 is 5.91 Å². The Morgan fingerprint density at radius 2 is 1.95 bits per heavy atom. The molecule has 4 nitrogen and oxygen atoms in total. The van der Waals surface area contributed by atoms with Gasteiger partial charge in [0.15, 0.2) is 0 Å². The Hall–Kier alpha value is -2.51. The predicted molar refractivity (Wildman–Crippen MR) is 75.5 cm³/mol. The first-order valence-electron chi connectivity index (χ1n) is 5.81. The number of halogens is 1. The Kier molecular flexibility index (Phi) is 4.24. The molecule has 100 valence electrons. The fourth-order valence-corrected chi connectivity index (χ4v) is 1.83. The maximum Gasteiger partial charge on any atom is 0.252 e. The summed E-state index contributed by atoms with van der Waals surface area (Å²) in [5.74, 6) is -0.214. The summed E-state index contributed by atoms with van der Waals surface area (Å²) in [6, 6.07) is 13.7. The largest absolute Gasteiger partial charge is 0.488 e. The van der Waals surface area contributed by atoms with E-state index in [2.05, 4.69) is 0 Å². The molecule has 0 aliphatic carbocycles. The Morgan fingerprint density at radius 3 is 2.55 bits per heavy atom. The van der Waals surface area contributed by atoms with E-state index in [1.54, 1.807) is 36.4 Å². The second-order valence-electron chi connectivity index (χ2n) is 4.10. The van der Waals surface area contributed by atoms with E-state index in [9.17, 15) is 4.79 Å². The number of carbonyl (C=O) groups excluding carboxylic acids is 1. The van der Waals surface area contributed by atoms with E-state index in [1.807, 2.05) is 6.07 Å². The average molecular weight is 287 g/mol. The van der Waals surface area contributed by atoms with Gasteiger partial charge in [-0.25, -0.2) is 0 Å². The number of ether oxygens (including phenoxy) is 1. The Morgan fingerprint density at radius 1 is 1.25 bits per heavy atom. The molecular formula is C15H11ClN2O2. The van der Waals surface area contributed by atoms with Gasteiger partial charge < -0.3 is 10.5 Å². The van der Waals surface area contributed by atoms with Crippen molar-refractivity contribution in [3.63, 3.8) is 0 Å².